The van der Waals surface area contributed by atoms with E-state index in [-0.39, 0.29) is 12.5 Å². The lowest BCUT2D eigenvalue weighted by Gasteiger charge is -1.99. The van der Waals surface area contributed by atoms with Crippen molar-refractivity contribution in [1.82, 2.24) is 5.32 Å². The first-order valence-electron chi connectivity index (χ1n) is 4.07. The van der Waals surface area contributed by atoms with Crippen molar-refractivity contribution in [2.75, 3.05) is 6.54 Å². The van der Waals surface area contributed by atoms with E-state index >= 15 is 0 Å². The molecule has 0 atom stereocenters. The Morgan fingerprint density at radius 3 is 3.15 bits per heavy atom. The molecule has 0 unspecified atom stereocenters. The number of hydrogen-bond donors (Lipinski definition) is 1. The molecule has 0 aromatic carbocycles. The van der Waals surface area contributed by atoms with Crippen LogP contribution in [0.1, 0.15) is 23.0 Å². The molecule has 13 heavy (non-hydrogen) atoms. The number of hydrogen-bond acceptors (Lipinski definition) is 2. The zero-order valence-electron chi connectivity index (χ0n) is 7.46. The third-order valence-electron chi connectivity index (χ3n) is 1.66. The van der Waals surface area contributed by atoms with E-state index in [4.69, 9.17) is 10.8 Å². The van der Waals surface area contributed by atoms with E-state index in [1.54, 1.807) is 6.07 Å². The van der Waals surface area contributed by atoms with Crippen molar-refractivity contribution in [3.8, 4) is 12.3 Å². The van der Waals surface area contributed by atoms with Crippen LogP contribution in [0.4, 0.5) is 0 Å². The molecule has 1 heterocycles. The number of nitrogens with one attached hydrogen (secondary N) is 1. The lowest BCUT2D eigenvalue weighted by atomic mass is 10.2. The molecule has 0 aliphatic rings. The number of rotatable bonds is 3. The predicted molar refractivity (Wildman–Crippen MR) is 49.3 cm³/mol. The first-order valence-corrected chi connectivity index (χ1v) is 4.07. The Morgan fingerprint density at radius 2 is 2.54 bits per heavy atom. The van der Waals surface area contributed by atoms with Crippen molar-refractivity contribution in [2.45, 2.75) is 13.3 Å². The molecule has 0 saturated carbocycles. The summed E-state index contributed by atoms with van der Waals surface area (Å²) in [5, 5.41) is 2.57. The molecule has 3 heteroatoms. The van der Waals surface area contributed by atoms with E-state index in [0.717, 1.165) is 0 Å². The van der Waals surface area contributed by atoms with Gasteiger partial charge in [0, 0.05) is 6.42 Å². The van der Waals surface area contributed by atoms with Gasteiger partial charge in [0.05, 0.1) is 18.4 Å². The fourth-order valence-electron chi connectivity index (χ4n) is 1.04. The zero-order valence-corrected chi connectivity index (χ0v) is 7.46. The van der Waals surface area contributed by atoms with Gasteiger partial charge in [-0.15, -0.1) is 6.42 Å². The highest BCUT2D eigenvalue weighted by molar-refractivity contribution is 5.95. The van der Waals surface area contributed by atoms with Gasteiger partial charge < -0.3 is 9.73 Å². The van der Waals surface area contributed by atoms with E-state index in [1.165, 1.54) is 6.26 Å². The Bertz CT molecular complexity index is 333. The molecule has 1 amide bonds. The summed E-state index contributed by atoms with van der Waals surface area (Å²) >= 11 is 0. The van der Waals surface area contributed by atoms with Crippen molar-refractivity contribution >= 4 is 5.91 Å². The lowest BCUT2D eigenvalue weighted by Crippen LogP contribution is -2.23. The summed E-state index contributed by atoms with van der Waals surface area (Å²) in [5.41, 5.74) is 0.567. The van der Waals surface area contributed by atoms with E-state index in [0.29, 0.717) is 17.7 Å². The molecular formula is C10H11NO2. The van der Waals surface area contributed by atoms with Gasteiger partial charge in [0.2, 0.25) is 0 Å². The first-order chi connectivity index (χ1) is 6.29. The Morgan fingerprint density at radius 1 is 1.77 bits per heavy atom. The van der Waals surface area contributed by atoms with Crippen LogP contribution in [-0.2, 0) is 6.42 Å². The van der Waals surface area contributed by atoms with E-state index in [1.807, 2.05) is 6.92 Å². The smallest absolute Gasteiger partial charge is 0.255 e. The van der Waals surface area contributed by atoms with Gasteiger partial charge in [-0.3, -0.25) is 4.79 Å². The molecule has 3 nitrogen and oxygen atoms in total. The quantitative estimate of drug-likeness (QED) is 0.705. The highest BCUT2D eigenvalue weighted by atomic mass is 16.3. The monoisotopic (exact) mass is 177 g/mol. The highest BCUT2D eigenvalue weighted by Crippen LogP contribution is 2.10. The van der Waals surface area contributed by atoms with Crippen molar-refractivity contribution in [1.29, 1.82) is 0 Å². The molecule has 0 bridgehead atoms. The topological polar surface area (TPSA) is 42.2 Å². The summed E-state index contributed by atoms with van der Waals surface area (Å²) in [5.74, 6) is 2.85. The molecule has 0 aliphatic heterocycles. The average Bonchev–Trinajstić information content (AvgIpc) is 2.61. The fourth-order valence-corrected chi connectivity index (χ4v) is 1.04. The van der Waals surface area contributed by atoms with Gasteiger partial charge >= 0.3 is 0 Å². The van der Waals surface area contributed by atoms with Crippen LogP contribution in [0, 0.1) is 12.3 Å². The third-order valence-corrected chi connectivity index (χ3v) is 1.66. The standard InChI is InChI=1S/C10H11NO2/c1-3-6-11-10(12)8-5-7-13-9(8)4-2/h1,5,7H,4,6H2,2H3,(H,11,12). The van der Waals surface area contributed by atoms with Gasteiger partial charge in [-0.1, -0.05) is 12.8 Å². The summed E-state index contributed by atoms with van der Waals surface area (Å²) in [6.45, 7) is 2.17. The molecule has 1 aromatic rings. The Kier molecular flexibility index (Phi) is 3.15. The van der Waals surface area contributed by atoms with Crippen LogP contribution < -0.4 is 5.32 Å². The molecule has 68 valence electrons. The molecule has 0 saturated heterocycles. The van der Waals surface area contributed by atoms with Crippen LogP contribution in [0.2, 0.25) is 0 Å². The molecule has 1 rings (SSSR count). The normalized spacial score (nSPS) is 9.23. The van der Waals surface area contributed by atoms with Crippen molar-refractivity contribution < 1.29 is 9.21 Å². The predicted octanol–water partition coefficient (Wildman–Crippen LogP) is 1.21. The number of aryl methyl sites for hydroxylation is 1. The van der Waals surface area contributed by atoms with Crippen LogP contribution in [0.5, 0.6) is 0 Å². The lowest BCUT2D eigenvalue weighted by molar-refractivity contribution is 0.0957. The Hall–Kier alpha value is -1.69. The van der Waals surface area contributed by atoms with Crippen LogP contribution in [0.15, 0.2) is 16.7 Å². The zero-order chi connectivity index (χ0) is 9.68. The summed E-state index contributed by atoms with van der Waals surface area (Å²) in [6, 6.07) is 1.64. The molecule has 0 aliphatic carbocycles. The van der Waals surface area contributed by atoms with Crippen LogP contribution >= 0.6 is 0 Å². The minimum atomic E-state index is -0.177. The summed E-state index contributed by atoms with van der Waals surface area (Å²) < 4.78 is 5.10. The minimum Gasteiger partial charge on any atom is -0.469 e. The maximum Gasteiger partial charge on any atom is 0.255 e. The largest absolute Gasteiger partial charge is 0.469 e. The van der Waals surface area contributed by atoms with Gasteiger partial charge in [-0.05, 0) is 6.07 Å². The van der Waals surface area contributed by atoms with Gasteiger partial charge in [-0.25, -0.2) is 0 Å². The van der Waals surface area contributed by atoms with E-state index in [9.17, 15) is 4.79 Å². The second-order valence-corrected chi connectivity index (χ2v) is 2.50. The molecule has 1 aromatic heterocycles. The van der Waals surface area contributed by atoms with Gasteiger partial charge in [0.15, 0.2) is 0 Å². The number of furan rings is 1. The van der Waals surface area contributed by atoms with Gasteiger partial charge in [0.25, 0.3) is 5.91 Å². The SMILES string of the molecule is C#CCNC(=O)c1ccoc1CC. The number of carbonyl (C=O) groups excluding carboxylic acids is 1. The van der Waals surface area contributed by atoms with Crippen molar-refractivity contribution in [3.05, 3.63) is 23.7 Å². The maximum atomic E-state index is 11.4. The van der Waals surface area contributed by atoms with E-state index in [2.05, 4.69) is 11.2 Å². The molecule has 0 fully saturated rings. The van der Waals surface area contributed by atoms with Crippen LogP contribution in [-0.4, -0.2) is 12.5 Å². The van der Waals surface area contributed by atoms with Crippen LogP contribution in [0.25, 0.3) is 0 Å². The van der Waals surface area contributed by atoms with Gasteiger partial charge in [0.1, 0.15) is 5.76 Å². The number of terminal acetylenes is 1. The summed E-state index contributed by atoms with van der Waals surface area (Å²) in [4.78, 5) is 11.4. The molecular weight excluding hydrogens is 166 g/mol. The second-order valence-electron chi connectivity index (χ2n) is 2.50. The van der Waals surface area contributed by atoms with E-state index < -0.39 is 0 Å². The maximum absolute atomic E-state index is 11.4. The number of amides is 1. The molecule has 1 N–H and O–H groups in total. The third kappa shape index (κ3) is 2.12. The Balaban J connectivity index is 2.71. The molecule has 0 radical (unpaired) electrons. The highest BCUT2D eigenvalue weighted by Gasteiger charge is 2.11. The minimum absolute atomic E-state index is 0.177. The van der Waals surface area contributed by atoms with Crippen molar-refractivity contribution in [2.24, 2.45) is 0 Å². The fraction of sp³-hybridized carbons (Fsp3) is 0.300. The summed E-state index contributed by atoms with van der Waals surface area (Å²) in [6.07, 6.45) is 7.22. The van der Waals surface area contributed by atoms with Crippen LogP contribution in [0.3, 0.4) is 0 Å². The molecule has 0 spiro atoms. The number of carbonyl (C=O) groups is 1. The average molecular weight is 177 g/mol. The Labute approximate surface area is 77.1 Å². The summed E-state index contributed by atoms with van der Waals surface area (Å²) in [7, 11) is 0. The van der Waals surface area contributed by atoms with Gasteiger partial charge in [-0.2, -0.15) is 0 Å². The first kappa shape index (κ1) is 9.40. The second kappa shape index (κ2) is 4.36. The van der Waals surface area contributed by atoms with Crippen molar-refractivity contribution in [3.63, 3.8) is 0 Å².